The first-order chi connectivity index (χ1) is 12.6. The number of amides is 1. The number of imidazole rings is 2. The largest absolute Gasteiger partial charge is 0.355 e. The summed E-state index contributed by atoms with van der Waals surface area (Å²) >= 11 is 1.45. The van der Waals surface area contributed by atoms with Crippen LogP contribution in [-0.2, 0) is 11.3 Å². The second kappa shape index (κ2) is 8.71. The van der Waals surface area contributed by atoms with Gasteiger partial charge >= 0.3 is 0 Å². The van der Waals surface area contributed by atoms with Crippen molar-refractivity contribution in [3.63, 3.8) is 0 Å². The van der Waals surface area contributed by atoms with Crippen molar-refractivity contribution < 1.29 is 4.79 Å². The highest BCUT2D eigenvalue weighted by atomic mass is 32.2. The lowest BCUT2D eigenvalue weighted by Crippen LogP contribution is -2.27. The molecule has 136 valence electrons. The zero-order chi connectivity index (χ0) is 18.4. The highest BCUT2D eigenvalue weighted by Gasteiger charge is 2.11. The van der Waals surface area contributed by atoms with Gasteiger partial charge in [-0.2, -0.15) is 0 Å². The van der Waals surface area contributed by atoms with Crippen molar-refractivity contribution in [3.05, 3.63) is 60.4 Å². The van der Waals surface area contributed by atoms with Crippen molar-refractivity contribution in [1.82, 2.24) is 24.4 Å². The Morgan fingerprint density at radius 1 is 1.23 bits per heavy atom. The van der Waals surface area contributed by atoms with Gasteiger partial charge in [-0.1, -0.05) is 23.9 Å². The van der Waals surface area contributed by atoms with Crippen LogP contribution < -0.4 is 5.32 Å². The van der Waals surface area contributed by atoms with E-state index in [4.69, 9.17) is 0 Å². The number of nitrogens with zero attached hydrogens (tertiary/aromatic N) is 4. The summed E-state index contributed by atoms with van der Waals surface area (Å²) in [4.78, 5) is 20.5. The van der Waals surface area contributed by atoms with E-state index < -0.39 is 0 Å². The molecule has 0 saturated carbocycles. The maximum Gasteiger partial charge on any atom is 0.230 e. The van der Waals surface area contributed by atoms with Crippen molar-refractivity contribution >= 4 is 17.7 Å². The van der Waals surface area contributed by atoms with Crippen LogP contribution in [0.15, 0.2) is 54.5 Å². The minimum atomic E-state index is 0.0242. The van der Waals surface area contributed by atoms with Crippen LogP contribution in [0.4, 0.5) is 0 Å². The number of aromatic nitrogens is 4. The first kappa shape index (κ1) is 18.3. The summed E-state index contributed by atoms with van der Waals surface area (Å²) in [6.45, 7) is 5.71. The minimum absolute atomic E-state index is 0.0242. The molecule has 3 aromatic rings. The molecule has 0 aliphatic heterocycles. The van der Waals surface area contributed by atoms with E-state index in [-0.39, 0.29) is 5.91 Å². The van der Waals surface area contributed by atoms with E-state index >= 15 is 0 Å². The summed E-state index contributed by atoms with van der Waals surface area (Å²) < 4.78 is 4.04. The highest BCUT2D eigenvalue weighted by molar-refractivity contribution is 7.99. The average molecular weight is 369 g/mol. The molecule has 1 amide bonds. The fraction of sp³-hybridized carbons (Fsp3) is 0.316. The molecule has 0 aliphatic rings. The zero-order valence-electron chi connectivity index (χ0n) is 15.1. The number of hydrogen-bond acceptors (Lipinski definition) is 4. The number of benzene rings is 1. The van der Waals surface area contributed by atoms with E-state index in [1.807, 2.05) is 27.6 Å². The molecule has 2 aromatic heterocycles. The van der Waals surface area contributed by atoms with E-state index in [1.54, 1.807) is 18.7 Å². The Morgan fingerprint density at radius 2 is 2.12 bits per heavy atom. The third-order valence-corrected chi connectivity index (χ3v) is 5.22. The molecular formula is C19H23N5OS. The molecule has 0 unspecified atom stereocenters. The van der Waals surface area contributed by atoms with E-state index in [1.165, 1.54) is 22.9 Å². The average Bonchev–Trinajstić information content (AvgIpc) is 3.31. The Bertz CT molecular complexity index is 857. The molecule has 6 nitrogen and oxygen atoms in total. The van der Waals surface area contributed by atoms with Gasteiger partial charge in [0, 0.05) is 37.9 Å². The molecule has 0 bridgehead atoms. The quantitative estimate of drug-likeness (QED) is 0.490. The number of carbonyl (C=O) groups is 1. The minimum Gasteiger partial charge on any atom is -0.355 e. The van der Waals surface area contributed by atoms with Gasteiger partial charge in [0.2, 0.25) is 5.91 Å². The highest BCUT2D eigenvalue weighted by Crippen LogP contribution is 2.24. The molecule has 0 spiro atoms. The van der Waals surface area contributed by atoms with Crippen LogP contribution in [0.1, 0.15) is 17.5 Å². The van der Waals surface area contributed by atoms with Gasteiger partial charge in [0.05, 0.1) is 17.8 Å². The van der Waals surface area contributed by atoms with Crippen molar-refractivity contribution in [2.24, 2.45) is 0 Å². The van der Waals surface area contributed by atoms with Crippen molar-refractivity contribution in [1.29, 1.82) is 0 Å². The Hall–Kier alpha value is -2.54. The molecule has 0 aliphatic carbocycles. The van der Waals surface area contributed by atoms with Gasteiger partial charge in [-0.15, -0.1) is 0 Å². The third kappa shape index (κ3) is 4.54. The SMILES string of the molecule is Cc1cccc(-n2ccnc2SCC(=O)NCCCn2ccnc2)c1C. The van der Waals surface area contributed by atoms with Gasteiger partial charge in [0.1, 0.15) is 0 Å². The van der Waals surface area contributed by atoms with Crippen LogP contribution in [0.25, 0.3) is 5.69 Å². The smallest absolute Gasteiger partial charge is 0.230 e. The molecule has 1 aromatic carbocycles. The fourth-order valence-corrected chi connectivity index (χ4v) is 3.46. The van der Waals surface area contributed by atoms with Crippen LogP contribution in [0.5, 0.6) is 0 Å². The molecule has 7 heteroatoms. The van der Waals surface area contributed by atoms with Gasteiger partial charge in [-0.05, 0) is 37.5 Å². The standard InChI is InChI=1S/C19H23N5OS/c1-15-5-3-6-17(16(15)2)24-12-9-22-19(24)26-13-18(25)21-7-4-10-23-11-8-20-14-23/h3,5-6,8-9,11-12,14H,4,7,10,13H2,1-2H3,(H,21,25). The maximum atomic E-state index is 12.1. The summed E-state index contributed by atoms with van der Waals surface area (Å²) in [5, 5.41) is 3.78. The topological polar surface area (TPSA) is 64.7 Å². The maximum absolute atomic E-state index is 12.1. The van der Waals surface area contributed by atoms with E-state index in [0.29, 0.717) is 12.3 Å². The van der Waals surface area contributed by atoms with Gasteiger partial charge in [0.15, 0.2) is 5.16 Å². The lowest BCUT2D eigenvalue weighted by Gasteiger charge is -2.12. The molecule has 0 radical (unpaired) electrons. The number of nitrogens with one attached hydrogen (secondary N) is 1. The Balaban J connectivity index is 1.50. The van der Waals surface area contributed by atoms with Crippen molar-refractivity contribution in [2.75, 3.05) is 12.3 Å². The molecule has 26 heavy (non-hydrogen) atoms. The number of carbonyl (C=O) groups excluding carboxylic acids is 1. The summed E-state index contributed by atoms with van der Waals surface area (Å²) in [5.41, 5.74) is 3.56. The molecule has 3 rings (SSSR count). The first-order valence-electron chi connectivity index (χ1n) is 8.60. The normalized spacial score (nSPS) is 10.8. The van der Waals surface area contributed by atoms with Crippen LogP contribution in [0, 0.1) is 13.8 Å². The second-order valence-corrected chi connectivity index (χ2v) is 7.03. The van der Waals surface area contributed by atoms with Gasteiger partial charge in [0.25, 0.3) is 0 Å². The van der Waals surface area contributed by atoms with E-state index in [2.05, 4.69) is 41.3 Å². The summed E-state index contributed by atoms with van der Waals surface area (Å²) in [6, 6.07) is 6.21. The second-order valence-electron chi connectivity index (χ2n) is 6.09. The Kier molecular flexibility index (Phi) is 6.12. The predicted molar refractivity (Wildman–Crippen MR) is 104 cm³/mol. The van der Waals surface area contributed by atoms with Crippen molar-refractivity contribution in [2.45, 2.75) is 32.0 Å². The molecule has 0 saturated heterocycles. The zero-order valence-corrected chi connectivity index (χ0v) is 15.9. The van der Waals surface area contributed by atoms with Crippen molar-refractivity contribution in [3.8, 4) is 5.69 Å². The molecule has 1 N–H and O–H groups in total. The first-order valence-corrected chi connectivity index (χ1v) is 9.59. The lowest BCUT2D eigenvalue weighted by molar-refractivity contribution is -0.118. The molecule has 0 fully saturated rings. The van der Waals surface area contributed by atoms with Gasteiger partial charge in [-0.25, -0.2) is 9.97 Å². The predicted octanol–water partition coefficient (Wildman–Crippen LogP) is 2.98. The summed E-state index contributed by atoms with van der Waals surface area (Å²) in [6.07, 6.45) is 10.0. The Morgan fingerprint density at radius 3 is 2.92 bits per heavy atom. The summed E-state index contributed by atoms with van der Waals surface area (Å²) in [7, 11) is 0. The van der Waals surface area contributed by atoms with Crippen LogP contribution >= 0.6 is 11.8 Å². The number of rotatable bonds is 8. The third-order valence-electron chi connectivity index (χ3n) is 4.25. The van der Waals surface area contributed by atoms with Gasteiger partial charge in [-0.3, -0.25) is 9.36 Å². The van der Waals surface area contributed by atoms with E-state index in [9.17, 15) is 4.79 Å². The molecule has 0 atom stereocenters. The summed E-state index contributed by atoms with van der Waals surface area (Å²) in [5.74, 6) is 0.378. The Labute approximate surface area is 157 Å². The monoisotopic (exact) mass is 369 g/mol. The lowest BCUT2D eigenvalue weighted by atomic mass is 10.1. The molecule has 2 heterocycles. The van der Waals surface area contributed by atoms with Crippen LogP contribution in [0.2, 0.25) is 0 Å². The van der Waals surface area contributed by atoms with Gasteiger partial charge < -0.3 is 9.88 Å². The number of thioether (sulfide) groups is 1. The number of aryl methyl sites for hydroxylation is 2. The van der Waals surface area contributed by atoms with Crippen LogP contribution in [-0.4, -0.2) is 37.3 Å². The fourth-order valence-electron chi connectivity index (χ4n) is 2.67. The number of hydrogen-bond donors (Lipinski definition) is 1. The van der Waals surface area contributed by atoms with E-state index in [0.717, 1.165) is 23.8 Å². The molecular weight excluding hydrogens is 346 g/mol. The van der Waals surface area contributed by atoms with Crippen LogP contribution in [0.3, 0.4) is 0 Å².